The lowest BCUT2D eigenvalue weighted by Gasteiger charge is -2.16. The molecule has 0 aliphatic rings. The van der Waals surface area contributed by atoms with E-state index in [1.165, 1.54) is 7.11 Å². The van der Waals surface area contributed by atoms with Crippen LogP contribution in [0.5, 0.6) is 5.75 Å². The van der Waals surface area contributed by atoms with Gasteiger partial charge in [0.1, 0.15) is 11.8 Å². The summed E-state index contributed by atoms with van der Waals surface area (Å²) in [6.45, 7) is 0. The number of carbonyl (C=O) groups is 1. The Kier molecular flexibility index (Phi) is 4.76. The van der Waals surface area contributed by atoms with Crippen LogP contribution in [0.3, 0.4) is 0 Å². The van der Waals surface area contributed by atoms with Crippen molar-refractivity contribution in [3.8, 4) is 5.75 Å². The minimum atomic E-state index is -0.505. The Hall–Kier alpha value is -1.07. The van der Waals surface area contributed by atoms with Crippen molar-refractivity contribution in [3.05, 3.63) is 28.2 Å². The highest BCUT2D eigenvalue weighted by molar-refractivity contribution is 9.10. The summed E-state index contributed by atoms with van der Waals surface area (Å²) in [5, 5.41) is 2.90. The lowest BCUT2D eigenvalue weighted by molar-refractivity contribution is -0.143. The predicted molar refractivity (Wildman–Crippen MR) is 64.5 cm³/mol. The van der Waals surface area contributed by atoms with Gasteiger partial charge < -0.3 is 14.8 Å². The van der Waals surface area contributed by atoms with E-state index in [0.717, 1.165) is 10.0 Å². The molecule has 0 fully saturated rings. The van der Waals surface area contributed by atoms with E-state index in [1.807, 2.05) is 12.1 Å². The maximum Gasteiger partial charge on any atom is 0.327 e. The summed E-state index contributed by atoms with van der Waals surface area (Å²) < 4.78 is 10.7. The van der Waals surface area contributed by atoms with E-state index in [1.54, 1.807) is 20.2 Å². The second-order valence-electron chi connectivity index (χ2n) is 3.13. The molecule has 0 aromatic heterocycles. The number of benzene rings is 1. The average Bonchev–Trinajstić information content (AvgIpc) is 2.32. The van der Waals surface area contributed by atoms with Crippen molar-refractivity contribution < 1.29 is 14.3 Å². The molecular weight excluding hydrogens is 274 g/mol. The van der Waals surface area contributed by atoms with Gasteiger partial charge in [0.2, 0.25) is 0 Å². The molecule has 1 aromatic carbocycles. The van der Waals surface area contributed by atoms with E-state index in [2.05, 4.69) is 21.2 Å². The molecule has 1 N–H and O–H groups in total. The lowest BCUT2D eigenvalue weighted by Crippen LogP contribution is -2.26. The zero-order valence-corrected chi connectivity index (χ0v) is 11.0. The Balaban J connectivity index is 3.12. The van der Waals surface area contributed by atoms with Crippen LogP contribution >= 0.6 is 15.9 Å². The van der Waals surface area contributed by atoms with E-state index in [0.29, 0.717) is 5.75 Å². The summed E-state index contributed by atoms with van der Waals surface area (Å²) in [6.07, 6.45) is 0. The number of nitrogens with one attached hydrogen (secondary N) is 1. The zero-order chi connectivity index (χ0) is 12.1. The molecule has 0 spiro atoms. The van der Waals surface area contributed by atoms with E-state index in [4.69, 9.17) is 9.47 Å². The first-order valence-electron chi connectivity index (χ1n) is 4.72. The highest BCUT2D eigenvalue weighted by atomic mass is 79.9. The Morgan fingerprint density at radius 2 is 2.12 bits per heavy atom. The van der Waals surface area contributed by atoms with Crippen molar-refractivity contribution in [1.29, 1.82) is 0 Å². The van der Waals surface area contributed by atoms with Crippen LogP contribution < -0.4 is 10.1 Å². The molecule has 0 radical (unpaired) electrons. The standard InChI is InChI=1S/C11H14BrNO3/c1-13-10(11(14)16-3)8-6-7(15-2)4-5-9(8)12/h4-6,10,13H,1-3H3. The van der Waals surface area contributed by atoms with Crippen LogP contribution in [0.1, 0.15) is 11.6 Å². The van der Waals surface area contributed by atoms with Crippen molar-refractivity contribution in [2.45, 2.75) is 6.04 Å². The molecule has 0 saturated heterocycles. The summed E-state index contributed by atoms with van der Waals surface area (Å²) >= 11 is 3.40. The van der Waals surface area contributed by atoms with Crippen LogP contribution in [0.2, 0.25) is 0 Å². The van der Waals surface area contributed by atoms with Gasteiger partial charge in [-0.3, -0.25) is 0 Å². The van der Waals surface area contributed by atoms with Crippen molar-refractivity contribution in [2.24, 2.45) is 0 Å². The summed E-state index contributed by atoms with van der Waals surface area (Å²) in [5.74, 6) is 0.360. The molecule has 1 aromatic rings. The molecule has 0 heterocycles. The third-order valence-corrected chi connectivity index (χ3v) is 2.96. The summed E-state index contributed by atoms with van der Waals surface area (Å²) in [7, 11) is 4.65. The number of ether oxygens (including phenoxy) is 2. The molecule has 16 heavy (non-hydrogen) atoms. The van der Waals surface area contributed by atoms with Crippen molar-refractivity contribution in [3.63, 3.8) is 0 Å². The second kappa shape index (κ2) is 5.86. The monoisotopic (exact) mass is 287 g/mol. The normalized spacial score (nSPS) is 12.0. The van der Waals surface area contributed by atoms with Gasteiger partial charge in [-0.2, -0.15) is 0 Å². The number of methoxy groups -OCH3 is 2. The van der Waals surface area contributed by atoms with Gasteiger partial charge in [-0.25, -0.2) is 4.79 Å². The number of esters is 1. The molecule has 88 valence electrons. The maximum atomic E-state index is 11.5. The van der Waals surface area contributed by atoms with Crippen LogP contribution in [0, 0.1) is 0 Å². The fourth-order valence-electron chi connectivity index (χ4n) is 1.39. The number of hydrogen-bond donors (Lipinski definition) is 1. The SMILES string of the molecule is CNC(C(=O)OC)c1cc(OC)ccc1Br. The van der Waals surface area contributed by atoms with Gasteiger partial charge in [0.05, 0.1) is 14.2 Å². The minimum Gasteiger partial charge on any atom is -0.497 e. The van der Waals surface area contributed by atoms with E-state index >= 15 is 0 Å². The number of carbonyl (C=O) groups excluding carboxylic acids is 1. The molecular formula is C11H14BrNO3. The van der Waals surface area contributed by atoms with Gasteiger partial charge in [-0.05, 0) is 30.8 Å². The van der Waals surface area contributed by atoms with Crippen molar-refractivity contribution in [2.75, 3.05) is 21.3 Å². The van der Waals surface area contributed by atoms with Crippen molar-refractivity contribution >= 4 is 21.9 Å². The minimum absolute atomic E-state index is 0.337. The molecule has 1 unspecified atom stereocenters. The fraction of sp³-hybridized carbons (Fsp3) is 0.364. The highest BCUT2D eigenvalue weighted by Gasteiger charge is 2.22. The third kappa shape index (κ3) is 2.74. The average molecular weight is 288 g/mol. The topological polar surface area (TPSA) is 47.6 Å². The number of halogens is 1. The van der Waals surface area contributed by atoms with Crippen LogP contribution in [0.25, 0.3) is 0 Å². The van der Waals surface area contributed by atoms with E-state index < -0.39 is 6.04 Å². The van der Waals surface area contributed by atoms with Gasteiger partial charge >= 0.3 is 5.97 Å². The first-order valence-corrected chi connectivity index (χ1v) is 5.51. The first kappa shape index (κ1) is 13.0. The maximum absolute atomic E-state index is 11.5. The molecule has 1 atom stereocenters. The van der Waals surface area contributed by atoms with Gasteiger partial charge in [-0.15, -0.1) is 0 Å². The van der Waals surface area contributed by atoms with E-state index in [-0.39, 0.29) is 5.97 Å². The Morgan fingerprint density at radius 3 is 2.62 bits per heavy atom. The summed E-state index contributed by atoms with van der Waals surface area (Å²) in [6, 6.07) is 4.94. The third-order valence-electron chi connectivity index (χ3n) is 2.24. The van der Waals surface area contributed by atoms with Crippen LogP contribution in [-0.2, 0) is 9.53 Å². The molecule has 0 saturated carbocycles. The first-order chi connectivity index (χ1) is 7.63. The second-order valence-corrected chi connectivity index (χ2v) is 3.99. The Morgan fingerprint density at radius 1 is 1.44 bits per heavy atom. The molecule has 0 aliphatic carbocycles. The number of likely N-dealkylation sites (N-methyl/N-ethyl adjacent to an activating group) is 1. The Labute approximate surface area is 103 Å². The van der Waals surface area contributed by atoms with Crippen LogP contribution in [0.4, 0.5) is 0 Å². The van der Waals surface area contributed by atoms with Crippen molar-refractivity contribution in [1.82, 2.24) is 5.32 Å². The lowest BCUT2D eigenvalue weighted by atomic mass is 10.1. The smallest absolute Gasteiger partial charge is 0.327 e. The van der Waals surface area contributed by atoms with Gasteiger partial charge in [0.25, 0.3) is 0 Å². The zero-order valence-electron chi connectivity index (χ0n) is 9.41. The molecule has 0 bridgehead atoms. The summed E-state index contributed by atoms with van der Waals surface area (Å²) in [5.41, 5.74) is 0.786. The molecule has 0 aliphatic heterocycles. The molecule has 4 nitrogen and oxygen atoms in total. The number of hydrogen-bond acceptors (Lipinski definition) is 4. The molecule has 1 rings (SSSR count). The summed E-state index contributed by atoms with van der Waals surface area (Å²) in [4.78, 5) is 11.5. The quantitative estimate of drug-likeness (QED) is 0.860. The van der Waals surface area contributed by atoms with Crippen LogP contribution in [0.15, 0.2) is 22.7 Å². The number of rotatable bonds is 4. The fourth-order valence-corrected chi connectivity index (χ4v) is 1.86. The highest BCUT2D eigenvalue weighted by Crippen LogP contribution is 2.28. The Bertz CT molecular complexity index is 381. The molecule has 0 amide bonds. The molecule has 5 heteroatoms. The van der Waals surface area contributed by atoms with Crippen LogP contribution in [-0.4, -0.2) is 27.2 Å². The van der Waals surface area contributed by atoms with Gasteiger partial charge in [0, 0.05) is 4.47 Å². The predicted octanol–water partition coefficient (Wildman–Crippen LogP) is 1.89. The largest absolute Gasteiger partial charge is 0.497 e. The van der Waals surface area contributed by atoms with E-state index in [9.17, 15) is 4.79 Å². The van der Waals surface area contributed by atoms with Gasteiger partial charge in [-0.1, -0.05) is 15.9 Å². The van der Waals surface area contributed by atoms with Gasteiger partial charge in [0.15, 0.2) is 0 Å².